The largest absolute Gasteiger partial charge is 0.444 e. The monoisotopic (exact) mass is 271 g/mol. The second-order valence-corrected chi connectivity index (χ2v) is 5.78. The first-order valence-corrected chi connectivity index (χ1v) is 6.79. The van der Waals surface area contributed by atoms with Crippen molar-refractivity contribution in [1.29, 1.82) is 0 Å². The van der Waals surface area contributed by atoms with Gasteiger partial charge in [0.25, 0.3) is 0 Å². The molecule has 0 bridgehead atoms. The molecule has 1 aliphatic heterocycles. The van der Waals surface area contributed by atoms with Crippen molar-refractivity contribution in [3.05, 3.63) is 0 Å². The Morgan fingerprint density at radius 3 is 2.53 bits per heavy atom. The van der Waals surface area contributed by atoms with E-state index in [2.05, 4.69) is 0 Å². The van der Waals surface area contributed by atoms with Crippen molar-refractivity contribution in [3.63, 3.8) is 0 Å². The van der Waals surface area contributed by atoms with Gasteiger partial charge in [0.1, 0.15) is 12.1 Å². The molecule has 0 aromatic carbocycles. The highest BCUT2D eigenvalue weighted by molar-refractivity contribution is 5.83. The molecule has 6 heteroatoms. The lowest BCUT2D eigenvalue weighted by Gasteiger charge is -2.35. The van der Waals surface area contributed by atoms with Crippen LogP contribution in [0.25, 0.3) is 0 Å². The lowest BCUT2D eigenvalue weighted by Crippen LogP contribution is -2.53. The van der Waals surface area contributed by atoms with Gasteiger partial charge in [-0.2, -0.15) is 0 Å². The Bertz CT molecular complexity index is 326. The van der Waals surface area contributed by atoms with Crippen LogP contribution in [0.2, 0.25) is 0 Å². The van der Waals surface area contributed by atoms with Crippen molar-refractivity contribution in [3.8, 4) is 0 Å². The van der Waals surface area contributed by atoms with Gasteiger partial charge in [-0.05, 0) is 40.2 Å². The molecule has 19 heavy (non-hydrogen) atoms. The van der Waals surface area contributed by atoms with E-state index in [-0.39, 0.29) is 12.5 Å². The molecule has 0 saturated carbocycles. The molecule has 0 radical (unpaired) electrons. The molecule has 0 atom stereocenters. The van der Waals surface area contributed by atoms with E-state index in [4.69, 9.17) is 10.5 Å². The van der Waals surface area contributed by atoms with E-state index in [0.717, 1.165) is 19.4 Å². The third-order valence-corrected chi connectivity index (χ3v) is 2.85. The highest BCUT2D eigenvalue weighted by atomic mass is 16.6. The Kier molecular flexibility index (Phi) is 5.60. The molecule has 1 fully saturated rings. The van der Waals surface area contributed by atoms with Gasteiger partial charge in [0.2, 0.25) is 5.91 Å². The predicted molar refractivity (Wildman–Crippen MR) is 72.7 cm³/mol. The molecule has 1 heterocycles. The van der Waals surface area contributed by atoms with Crippen LogP contribution in [0, 0.1) is 0 Å². The molecule has 6 nitrogen and oxygen atoms in total. The summed E-state index contributed by atoms with van der Waals surface area (Å²) in [4.78, 5) is 27.0. The van der Waals surface area contributed by atoms with E-state index < -0.39 is 11.7 Å². The fourth-order valence-electron chi connectivity index (χ4n) is 1.87. The first kappa shape index (κ1) is 15.8. The smallest absolute Gasteiger partial charge is 0.410 e. The second-order valence-electron chi connectivity index (χ2n) is 5.78. The number of carbonyl (C=O) groups excluding carboxylic acids is 2. The number of amides is 2. The fourth-order valence-corrected chi connectivity index (χ4v) is 1.87. The van der Waals surface area contributed by atoms with E-state index in [1.165, 1.54) is 4.90 Å². The summed E-state index contributed by atoms with van der Waals surface area (Å²) in [7, 11) is 0. The van der Waals surface area contributed by atoms with Gasteiger partial charge in [-0.25, -0.2) is 4.79 Å². The van der Waals surface area contributed by atoms with Gasteiger partial charge in [0.15, 0.2) is 0 Å². The van der Waals surface area contributed by atoms with Crippen molar-refractivity contribution in [1.82, 2.24) is 9.80 Å². The highest BCUT2D eigenvalue weighted by Gasteiger charge is 2.29. The number of hydrogen-bond acceptors (Lipinski definition) is 4. The van der Waals surface area contributed by atoms with Crippen LogP contribution in [-0.4, -0.2) is 60.1 Å². The number of unbranched alkanes of at least 4 members (excludes halogenated alkanes) is 1. The number of hydrogen-bond donors (Lipinski definition) is 1. The first-order valence-electron chi connectivity index (χ1n) is 6.79. The van der Waals surface area contributed by atoms with E-state index in [0.29, 0.717) is 19.6 Å². The zero-order chi connectivity index (χ0) is 14.5. The maximum atomic E-state index is 11.9. The number of piperazine rings is 1. The lowest BCUT2D eigenvalue weighted by atomic mass is 10.2. The third kappa shape index (κ3) is 5.46. The van der Waals surface area contributed by atoms with Crippen LogP contribution < -0.4 is 5.73 Å². The molecule has 2 N–H and O–H groups in total. The first-order chi connectivity index (χ1) is 8.83. The summed E-state index contributed by atoms with van der Waals surface area (Å²) in [6.45, 7) is 8.02. The Morgan fingerprint density at radius 2 is 2.00 bits per heavy atom. The van der Waals surface area contributed by atoms with Gasteiger partial charge in [0.05, 0.1) is 0 Å². The average molecular weight is 271 g/mol. The van der Waals surface area contributed by atoms with Crippen molar-refractivity contribution in [2.45, 2.75) is 39.2 Å². The van der Waals surface area contributed by atoms with Crippen LogP contribution in [0.4, 0.5) is 4.79 Å². The summed E-state index contributed by atoms with van der Waals surface area (Å²) in [5, 5.41) is 0. The maximum absolute atomic E-state index is 11.9. The van der Waals surface area contributed by atoms with Crippen LogP contribution in [-0.2, 0) is 9.53 Å². The molecule has 0 unspecified atom stereocenters. The maximum Gasteiger partial charge on any atom is 0.410 e. The number of nitrogens with zero attached hydrogens (tertiary/aromatic N) is 2. The van der Waals surface area contributed by atoms with Crippen LogP contribution in [0.1, 0.15) is 33.6 Å². The van der Waals surface area contributed by atoms with Crippen molar-refractivity contribution >= 4 is 12.0 Å². The van der Waals surface area contributed by atoms with Gasteiger partial charge < -0.3 is 15.4 Å². The quantitative estimate of drug-likeness (QED) is 0.768. The molecular formula is C13H25N3O3. The highest BCUT2D eigenvalue weighted by Crippen LogP contribution is 2.12. The summed E-state index contributed by atoms with van der Waals surface area (Å²) in [6.07, 6.45) is 1.41. The number of ether oxygens (including phenoxy) is 1. The summed E-state index contributed by atoms with van der Waals surface area (Å²) >= 11 is 0. The minimum absolute atomic E-state index is 0.0193. The number of carbonyl (C=O) groups is 2. The second kappa shape index (κ2) is 6.75. The molecule has 0 aromatic rings. The molecule has 0 aromatic heterocycles. The number of nitrogens with two attached hydrogens (primary N) is 1. The van der Waals surface area contributed by atoms with Gasteiger partial charge >= 0.3 is 6.09 Å². The molecule has 1 saturated heterocycles. The average Bonchev–Trinajstić information content (AvgIpc) is 2.29. The molecule has 0 spiro atoms. The van der Waals surface area contributed by atoms with Gasteiger partial charge in [-0.3, -0.25) is 9.69 Å². The van der Waals surface area contributed by atoms with Gasteiger partial charge in [-0.15, -0.1) is 0 Å². The van der Waals surface area contributed by atoms with Crippen molar-refractivity contribution < 1.29 is 14.3 Å². The van der Waals surface area contributed by atoms with Crippen LogP contribution >= 0.6 is 0 Å². The molecule has 1 rings (SSSR count). The third-order valence-electron chi connectivity index (χ3n) is 2.85. The fraction of sp³-hybridized carbons (Fsp3) is 0.846. The Morgan fingerprint density at radius 1 is 1.32 bits per heavy atom. The van der Waals surface area contributed by atoms with Gasteiger partial charge in [0, 0.05) is 19.6 Å². The van der Waals surface area contributed by atoms with E-state index in [9.17, 15) is 9.59 Å². The standard InChI is InChI=1S/C13H25N3O3/c1-13(2,3)19-12(18)16-9-8-15(11(17)10-16)7-5-4-6-14/h4-10,14H2,1-3H3. The van der Waals surface area contributed by atoms with Crippen LogP contribution in [0.3, 0.4) is 0 Å². The Balaban J connectivity index is 2.40. The minimum Gasteiger partial charge on any atom is -0.444 e. The van der Waals surface area contributed by atoms with Crippen LogP contribution in [0.15, 0.2) is 0 Å². The van der Waals surface area contributed by atoms with Gasteiger partial charge in [-0.1, -0.05) is 0 Å². The topological polar surface area (TPSA) is 75.9 Å². The predicted octanol–water partition coefficient (Wildman–Crippen LogP) is 0.805. The van der Waals surface area contributed by atoms with Crippen molar-refractivity contribution in [2.24, 2.45) is 5.73 Å². The number of rotatable bonds is 4. The summed E-state index contributed by atoms with van der Waals surface area (Å²) in [5.74, 6) is -0.0193. The van der Waals surface area contributed by atoms with E-state index in [1.807, 2.05) is 20.8 Å². The van der Waals surface area contributed by atoms with E-state index in [1.54, 1.807) is 4.90 Å². The molecule has 0 aliphatic carbocycles. The molecular weight excluding hydrogens is 246 g/mol. The Labute approximate surface area is 114 Å². The minimum atomic E-state index is -0.529. The summed E-state index contributed by atoms with van der Waals surface area (Å²) < 4.78 is 5.26. The molecule has 110 valence electrons. The molecule has 1 aliphatic rings. The summed E-state index contributed by atoms with van der Waals surface area (Å²) in [6, 6.07) is 0. The van der Waals surface area contributed by atoms with Crippen molar-refractivity contribution in [2.75, 3.05) is 32.7 Å². The normalized spacial score (nSPS) is 16.7. The lowest BCUT2D eigenvalue weighted by molar-refractivity contribution is -0.135. The van der Waals surface area contributed by atoms with Crippen LogP contribution in [0.5, 0.6) is 0 Å². The zero-order valence-corrected chi connectivity index (χ0v) is 12.1. The van der Waals surface area contributed by atoms with E-state index >= 15 is 0 Å². The zero-order valence-electron chi connectivity index (χ0n) is 12.1. The SMILES string of the molecule is CC(C)(C)OC(=O)N1CCN(CCCCN)C(=O)C1. The molecule has 2 amide bonds. The summed E-state index contributed by atoms with van der Waals surface area (Å²) in [5.41, 5.74) is 4.90. The Hall–Kier alpha value is -1.30.